The van der Waals surface area contributed by atoms with E-state index in [4.69, 9.17) is 5.73 Å². The molecule has 6 heteroatoms. The Bertz CT molecular complexity index is 580. The zero-order chi connectivity index (χ0) is 15.5. The summed E-state index contributed by atoms with van der Waals surface area (Å²) in [4.78, 5) is 0.308. The van der Waals surface area contributed by atoms with Gasteiger partial charge in [0.25, 0.3) is 0 Å². The molecule has 0 aliphatic heterocycles. The molecule has 1 aliphatic carbocycles. The molecule has 0 spiro atoms. The van der Waals surface area contributed by atoms with Gasteiger partial charge in [0.05, 0.1) is 5.69 Å². The van der Waals surface area contributed by atoms with Crippen molar-refractivity contribution in [1.29, 1.82) is 0 Å². The molecule has 1 aromatic rings. The molecular weight excluding hydrogens is 286 g/mol. The molecule has 1 saturated carbocycles. The Morgan fingerprint density at radius 1 is 1.29 bits per heavy atom. The van der Waals surface area contributed by atoms with E-state index in [1.807, 2.05) is 26.0 Å². The molecule has 0 heterocycles. The van der Waals surface area contributed by atoms with Gasteiger partial charge in [-0.15, -0.1) is 0 Å². The van der Waals surface area contributed by atoms with Gasteiger partial charge in [0.1, 0.15) is 4.90 Å². The quantitative estimate of drug-likeness (QED) is 0.685. The zero-order valence-corrected chi connectivity index (χ0v) is 13.5. The molecule has 0 aromatic heterocycles. The van der Waals surface area contributed by atoms with E-state index < -0.39 is 10.0 Å². The predicted molar refractivity (Wildman–Crippen MR) is 85.7 cm³/mol. The van der Waals surface area contributed by atoms with Crippen molar-refractivity contribution >= 4 is 15.7 Å². The van der Waals surface area contributed by atoms with Gasteiger partial charge in [-0.2, -0.15) is 0 Å². The van der Waals surface area contributed by atoms with Crippen LogP contribution in [0.15, 0.2) is 29.2 Å². The molecule has 0 unspecified atom stereocenters. The summed E-state index contributed by atoms with van der Waals surface area (Å²) in [5, 5.41) is 3.31. The van der Waals surface area contributed by atoms with Gasteiger partial charge in [-0.25, -0.2) is 13.1 Å². The fourth-order valence-corrected chi connectivity index (χ4v) is 3.94. The average molecular weight is 311 g/mol. The van der Waals surface area contributed by atoms with Gasteiger partial charge in [0, 0.05) is 12.6 Å². The van der Waals surface area contributed by atoms with Gasteiger partial charge < -0.3 is 11.1 Å². The Morgan fingerprint density at radius 3 is 2.52 bits per heavy atom. The van der Waals surface area contributed by atoms with E-state index >= 15 is 0 Å². The number of hydrogen-bond donors (Lipinski definition) is 3. The van der Waals surface area contributed by atoms with Crippen molar-refractivity contribution in [3.63, 3.8) is 0 Å². The van der Waals surface area contributed by atoms with Crippen LogP contribution in [0.5, 0.6) is 0 Å². The van der Waals surface area contributed by atoms with E-state index in [9.17, 15) is 8.42 Å². The van der Waals surface area contributed by atoms with Crippen LogP contribution >= 0.6 is 0 Å². The first-order chi connectivity index (χ1) is 9.88. The summed E-state index contributed by atoms with van der Waals surface area (Å²) in [5.74, 6) is 0. The van der Waals surface area contributed by atoms with E-state index in [1.54, 1.807) is 12.1 Å². The van der Waals surface area contributed by atoms with Crippen molar-refractivity contribution in [3.8, 4) is 0 Å². The van der Waals surface area contributed by atoms with Crippen molar-refractivity contribution in [3.05, 3.63) is 24.3 Å². The lowest BCUT2D eigenvalue weighted by atomic mass is 10.0. The van der Waals surface area contributed by atoms with Gasteiger partial charge in [0.2, 0.25) is 10.0 Å². The third-order valence-electron chi connectivity index (χ3n) is 3.85. The summed E-state index contributed by atoms with van der Waals surface area (Å²) in [6.07, 6.45) is 3.31. The Hall–Kier alpha value is -1.11. The Labute approximate surface area is 127 Å². The van der Waals surface area contributed by atoms with E-state index in [-0.39, 0.29) is 11.5 Å². The minimum atomic E-state index is -3.49. The minimum Gasteiger partial charge on any atom is -0.383 e. The predicted octanol–water partition coefficient (Wildman–Crippen LogP) is 1.91. The molecule has 1 aliphatic rings. The fourth-order valence-electron chi connectivity index (χ4n) is 2.50. The van der Waals surface area contributed by atoms with Crippen molar-refractivity contribution in [1.82, 2.24) is 4.72 Å². The van der Waals surface area contributed by atoms with E-state index in [2.05, 4.69) is 10.0 Å². The first-order valence-corrected chi connectivity index (χ1v) is 8.92. The molecule has 0 radical (unpaired) electrons. The number of benzene rings is 1. The summed E-state index contributed by atoms with van der Waals surface area (Å²) in [5.41, 5.74) is 6.57. The lowest BCUT2D eigenvalue weighted by Gasteiger charge is -2.18. The second-order valence-corrected chi connectivity index (χ2v) is 7.85. The number of nitrogens with one attached hydrogen (secondary N) is 2. The van der Waals surface area contributed by atoms with Crippen LogP contribution in [0.3, 0.4) is 0 Å². The highest BCUT2D eigenvalue weighted by Gasteiger charge is 2.41. The molecule has 1 aromatic carbocycles. The third kappa shape index (κ3) is 4.18. The van der Waals surface area contributed by atoms with Crippen LogP contribution in [0.25, 0.3) is 0 Å². The normalized spacial score (nSPS) is 17.0. The maximum Gasteiger partial charge on any atom is 0.242 e. The lowest BCUT2D eigenvalue weighted by molar-refractivity contribution is 0.500. The molecule has 5 nitrogen and oxygen atoms in total. The van der Waals surface area contributed by atoms with Gasteiger partial charge in [-0.1, -0.05) is 12.1 Å². The first kappa shape index (κ1) is 16.3. The largest absolute Gasteiger partial charge is 0.383 e. The first-order valence-electron chi connectivity index (χ1n) is 7.44. The number of sulfonamides is 1. The molecule has 21 heavy (non-hydrogen) atoms. The van der Waals surface area contributed by atoms with Crippen LogP contribution in [0, 0.1) is 5.41 Å². The van der Waals surface area contributed by atoms with Crippen molar-refractivity contribution in [2.45, 2.75) is 44.0 Å². The second kappa shape index (κ2) is 6.34. The molecule has 0 saturated heterocycles. The number of para-hydroxylation sites is 1. The summed E-state index contributed by atoms with van der Waals surface area (Å²) in [7, 11) is -3.49. The maximum atomic E-state index is 12.4. The summed E-state index contributed by atoms with van der Waals surface area (Å²) < 4.78 is 27.3. The summed E-state index contributed by atoms with van der Waals surface area (Å²) >= 11 is 0. The van der Waals surface area contributed by atoms with Crippen LogP contribution in [0.4, 0.5) is 5.69 Å². The number of hydrogen-bond acceptors (Lipinski definition) is 4. The highest BCUT2D eigenvalue weighted by Crippen LogP contribution is 2.48. The minimum absolute atomic E-state index is 0.130. The maximum absolute atomic E-state index is 12.4. The molecule has 118 valence electrons. The van der Waals surface area contributed by atoms with Gasteiger partial charge in [0.15, 0.2) is 0 Å². The van der Waals surface area contributed by atoms with Crippen molar-refractivity contribution in [2.75, 3.05) is 18.4 Å². The molecular formula is C15H25N3O2S. The smallest absolute Gasteiger partial charge is 0.242 e. The van der Waals surface area contributed by atoms with Crippen LogP contribution in [-0.2, 0) is 10.0 Å². The van der Waals surface area contributed by atoms with Gasteiger partial charge in [-0.3, -0.25) is 0 Å². The number of anilines is 1. The lowest BCUT2D eigenvalue weighted by Crippen LogP contribution is -2.31. The van der Waals surface area contributed by atoms with E-state index in [0.717, 1.165) is 25.8 Å². The molecule has 0 bridgehead atoms. The Kier molecular flexibility index (Phi) is 4.91. The summed E-state index contributed by atoms with van der Waals surface area (Å²) in [6.45, 7) is 5.08. The Balaban J connectivity index is 2.14. The van der Waals surface area contributed by atoms with Gasteiger partial charge >= 0.3 is 0 Å². The SMILES string of the molecule is CC(C)NS(=O)(=O)c1ccccc1NCC1(CCN)CC1. The second-order valence-electron chi connectivity index (χ2n) is 6.16. The Morgan fingerprint density at radius 2 is 1.95 bits per heavy atom. The summed E-state index contributed by atoms with van der Waals surface area (Å²) in [6, 6.07) is 6.91. The average Bonchev–Trinajstić information content (AvgIpc) is 3.16. The van der Waals surface area contributed by atoms with Crippen molar-refractivity contribution in [2.24, 2.45) is 11.1 Å². The van der Waals surface area contributed by atoms with Crippen LogP contribution in [0.1, 0.15) is 33.1 Å². The highest BCUT2D eigenvalue weighted by atomic mass is 32.2. The van der Waals surface area contributed by atoms with Crippen LogP contribution in [0.2, 0.25) is 0 Å². The molecule has 0 amide bonds. The standard InChI is InChI=1S/C15H25N3O2S/c1-12(2)18-21(19,20)14-6-4-3-5-13(14)17-11-15(7-8-15)9-10-16/h3-6,12,17-18H,7-11,16H2,1-2H3. The third-order valence-corrected chi connectivity index (χ3v) is 5.57. The molecule has 4 N–H and O–H groups in total. The fraction of sp³-hybridized carbons (Fsp3) is 0.600. The highest BCUT2D eigenvalue weighted by molar-refractivity contribution is 7.89. The van der Waals surface area contributed by atoms with Crippen LogP contribution < -0.4 is 15.8 Å². The number of rotatable bonds is 8. The topological polar surface area (TPSA) is 84.2 Å². The van der Waals surface area contributed by atoms with E-state index in [0.29, 0.717) is 17.1 Å². The monoisotopic (exact) mass is 311 g/mol. The molecule has 1 fully saturated rings. The number of nitrogens with two attached hydrogens (primary N) is 1. The van der Waals surface area contributed by atoms with Gasteiger partial charge in [-0.05, 0) is 57.2 Å². The molecule has 0 atom stereocenters. The van der Waals surface area contributed by atoms with Crippen LogP contribution in [-0.4, -0.2) is 27.5 Å². The van der Waals surface area contributed by atoms with E-state index in [1.165, 1.54) is 0 Å². The zero-order valence-electron chi connectivity index (χ0n) is 12.7. The molecule has 2 rings (SSSR count). The van der Waals surface area contributed by atoms with Crippen molar-refractivity contribution < 1.29 is 8.42 Å².